The van der Waals surface area contributed by atoms with Crippen LogP contribution < -0.4 is 4.74 Å². The largest absolute Gasteiger partial charge is 0.489 e. The number of carbonyl (C=O) groups is 2. The van der Waals surface area contributed by atoms with Crippen molar-refractivity contribution in [1.82, 2.24) is 5.01 Å². The third kappa shape index (κ3) is 3.33. The lowest BCUT2D eigenvalue weighted by molar-refractivity contribution is -0.140. The molecule has 152 valence electrons. The van der Waals surface area contributed by atoms with Crippen molar-refractivity contribution in [2.75, 3.05) is 0 Å². The topological polar surface area (TPSA) is 59.0 Å². The number of rotatable bonds is 5. The van der Waals surface area contributed by atoms with Crippen LogP contribution in [0.15, 0.2) is 65.8 Å². The summed E-state index contributed by atoms with van der Waals surface area (Å²) < 4.78 is 5.84. The van der Waals surface area contributed by atoms with Gasteiger partial charge < -0.3 is 4.74 Å². The van der Waals surface area contributed by atoms with E-state index in [9.17, 15) is 9.59 Å². The minimum atomic E-state index is -0.247. The number of ether oxygens (including phenoxy) is 1. The van der Waals surface area contributed by atoms with Crippen LogP contribution in [0.2, 0.25) is 5.02 Å². The second-order valence-electron chi connectivity index (χ2n) is 8.03. The van der Waals surface area contributed by atoms with Gasteiger partial charge in [0.1, 0.15) is 12.4 Å². The third-order valence-electron chi connectivity index (χ3n) is 6.27. The second kappa shape index (κ2) is 7.73. The van der Waals surface area contributed by atoms with Gasteiger partial charge in [0.05, 0.1) is 18.1 Å². The van der Waals surface area contributed by atoms with Gasteiger partial charge in [0.25, 0.3) is 11.8 Å². The molecule has 0 unspecified atom stereocenters. The predicted octanol–water partition coefficient (Wildman–Crippen LogP) is 4.45. The van der Waals surface area contributed by atoms with Crippen LogP contribution in [0.4, 0.5) is 0 Å². The molecule has 1 saturated carbocycles. The highest BCUT2D eigenvalue weighted by Crippen LogP contribution is 2.49. The number of hydrogen-bond acceptors (Lipinski definition) is 4. The fraction of sp³-hybridized carbons (Fsp3) is 0.292. The Labute approximate surface area is 180 Å². The fourth-order valence-corrected chi connectivity index (χ4v) is 4.95. The van der Waals surface area contributed by atoms with Gasteiger partial charge in [-0.3, -0.25) is 9.59 Å². The van der Waals surface area contributed by atoms with Gasteiger partial charge in [-0.15, -0.1) is 0 Å². The number of allylic oxidation sites excluding steroid dienone is 2. The minimum Gasteiger partial charge on any atom is -0.489 e. The number of nitrogens with zero attached hydrogens (tertiary/aromatic N) is 2. The maximum absolute atomic E-state index is 12.8. The first kappa shape index (κ1) is 19.1. The number of imide groups is 1. The number of amides is 2. The lowest BCUT2D eigenvalue weighted by atomic mass is 9.63. The first-order chi connectivity index (χ1) is 14.6. The molecule has 30 heavy (non-hydrogen) atoms. The normalized spacial score (nSPS) is 27.2. The van der Waals surface area contributed by atoms with E-state index in [1.807, 2.05) is 48.5 Å². The number of hydrogen-bond donors (Lipinski definition) is 0. The van der Waals surface area contributed by atoms with Crippen molar-refractivity contribution in [3.63, 3.8) is 0 Å². The number of benzene rings is 2. The Morgan fingerprint density at radius 3 is 2.37 bits per heavy atom. The van der Waals surface area contributed by atoms with Crippen LogP contribution in [0, 0.1) is 23.7 Å². The summed E-state index contributed by atoms with van der Waals surface area (Å²) in [6.07, 6.45) is 7.71. The van der Waals surface area contributed by atoms with Gasteiger partial charge in [0, 0.05) is 10.6 Å². The fourth-order valence-electron chi connectivity index (χ4n) is 4.76. The summed E-state index contributed by atoms with van der Waals surface area (Å²) in [6.45, 7) is 0.350. The van der Waals surface area contributed by atoms with Crippen molar-refractivity contribution in [2.24, 2.45) is 28.8 Å². The standard InChI is InChI=1S/C24H21ClN2O3/c25-20-7-2-1-5-18(20)14-30-19-6-3-4-15(12-19)13-26-27-23(28)21-16-8-9-17(11-10-16)22(21)24(27)29/h1-9,12-13,16-17,21-22H,10-11,14H2/b26-13-/t16-,17+,21-,22-/m0/s1. The molecule has 2 fully saturated rings. The molecular weight excluding hydrogens is 400 g/mol. The Morgan fingerprint density at radius 2 is 1.70 bits per heavy atom. The molecule has 2 amide bonds. The van der Waals surface area contributed by atoms with Crippen LogP contribution in [0.5, 0.6) is 5.75 Å². The van der Waals surface area contributed by atoms with E-state index in [-0.39, 0.29) is 35.5 Å². The van der Waals surface area contributed by atoms with Gasteiger partial charge >= 0.3 is 0 Å². The molecule has 0 radical (unpaired) electrons. The molecule has 4 aliphatic rings. The quantitative estimate of drug-likeness (QED) is 0.408. The van der Waals surface area contributed by atoms with Crippen LogP contribution in [-0.2, 0) is 16.2 Å². The van der Waals surface area contributed by atoms with Crippen LogP contribution >= 0.6 is 11.6 Å². The first-order valence-electron chi connectivity index (χ1n) is 10.2. The third-order valence-corrected chi connectivity index (χ3v) is 6.64. The molecule has 4 atom stereocenters. The van der Waals surface area contributed by atoms with Crippen molar-refractivity contribution >= 4 is 29.6 Å². The summed E-state index contributed by atoms with van der Waals surface area (Å²) in [7, 11) is 0. The highest BCUT2D eigenvalue weighted by molar-refractivity contribution is 6.31. The summed E-state index contributed by atoms with van der Waals surface area (Å²) in [5.41, 5.74) is 1.65. The molecule has 1 saturated heterocycles. The van der Waals surface area contributed by atoms with Crippen LogP contribution in [0.1, 0.15) is 24.0 Å². The average Bonchev–Trinajstić information content (AvgIpc) is 3.05. The predicted molar refractivity (Wildman–Crippen MR) is 114 cm³/mol. The van der Waals surface area contributed by atoms with Gasteiger partial charge in [-0.1, -0.05) is 54.1 Å². The van der Waals surface area contributed by atoms with E-state index in [0.717, 1.165) is 29.0 Å². The molecule has 2 aromatic carbocycles. The molecule has 3 aliphatic carbocycles. The molecule has 1 aliphatic heterocycles. The van der Waals surface area contributed by atoms with Crippen LogP contribution in [0.25, 0.3) is 0 Å². The zero-order valence-electron chi connectivity index (χ0n) is 16.3. The summed E-state index contributed by atoms with van der Waals surface area (Å²) in [4.78, 5) is 25.7. The maximum Gasteiger partial charge on any atom is 0.254 e. The molecule has 6 heteroatoms. The lowest BCUT2D eigenvalue weighted by Gasteiger charge is -2.37. The highest BCUT2D eigenvalue weighted by Gasteiger charge is 2.56. The van der Waals surface area contributed by atoms with E-state index in [4.69, 9.17) is 16.3 Å². The summed E-state index contributed by atoms with van der Waals surface area (Å²) in [5, 5.41) is 5.99. The Bertz CT molecular complexity index is 1030. The Kier molecular flexibility index (Phi) is 4.91. The monoisotopic (exact) mass is 420 g/mol. The first-order valence-corrected chi connectivity index (χ1v) is 10.6. The van der Waals surface area contributed by atoms with Crippen LogP contribution in [0.3, 0.4) is 0 Å². The summed E-state index contributed by atoms with van der Waals surface area (Å²) in [6, 6.07) is 14.9. The maximum atomic E-state index is 12.8. The van der Waals surface area contributed by atoms with Crippen molar-refractivity contribution in [2.45, 2.75) is 19.4 Å². The van der Waals surface area contributed by atoms with Gasteiger partial charge in [-0.05, 0) is 48.4 Å². The Morgan fingerprint density at radius 1 is 1.00 bits per heavy atom. The van der Waals surface area contributed by atoms with Gasteiger partial charge in [0.15, 0.2) is 0 Å². The summed E-state index contributed by atoms with van der Waals surface area (Å²) in [5.74, 6) is 0.149. The average molecular weight is 421 g/mol. The number of hydrazone groups is 1. The number of fused-ring (bicyclic) bond motifs is 1. The Hall–Kier alpha value is -2.92. The van der Waals surface area contributed by atoms with Gasteiger partial charge in [-0.2, -0.15) is 10.1 Å². The molecule has 1 heterocycles. The van der Waals surface area contributed by atoms with E-state index in [1.54, 1.807) is 6.21 Å². The zero-order valence-corrected chi connectivity index (χ0v) is 17.0. The van der Waals surface area contributed by atoms with Gasteiger partial charge in [-0.25, -0.2) is 0 Å². The smallest absolute Gasteiger partial charge is 0.254 e. The van der Waals surface area contributed by atoms with Crippen molar-refractivity contribution in [3.05, 3.63) is 76.8 Å². The molecule has 5 nitrogen and oxygen atoms in total. The van der Waals surface area contributed by atoms with Crippen molar-refractivity contribution < 1.29 is 14.3 Å². The second-order valence-corrected chi connectivity index (χ2v) is 8.43. The van der Waals surface area contributed by atoms with Crippen molar-refractivity contribution in [3.8, 4) is 5.75 Å². The van der Waals surface area contributed by atoms with E-state index >= 15 is 0 Å². The number of carbonyl (C=O) groups excluding carboxylic acids is 2. The lowest BCUT2D eigenvalue weighted by Crippen LogP contribution is -2.38. The molecule has 2 aromatic rings. The Balaban J connectivity index is 1.29. The van der Waals surface area contributed by atoms with E-state index in [2.05, 4.69) is 17.3 Å². The molecule has 2 bridgehead atoms. The number of halogens is 1. The van der Waals surface area contributed by atoms with E-state index < -0.39 is 0 Å². The summed E-state index contributed by atoms with van der Waals surface area (Å²) >= 11 is 6.17. The van der Waals surface area contributed by atoms with Crippen molar-refractivity contribution in [1.29, 1.82) is 0 Å². The van der Waals surface area contributed by atoms with Crippen LogP contribution in [-0.4, -0.2) is 23.0 Å². The molecular formula is C24H21ClN2O3. The molecule has 0 spiro atoms. The van der Waals surface area contributed by atoms with E-state index in [0.29, 0.717) is 17.4 Å². The molecule has 0 aromatic heterocycles. The highest BCUT2D eigenvalue weighted by atomic mass is 35.5. The van der Waals surface area contributed by atoms with Gasteiger partial charge in [0.2, 0.25) is 0 Å². The molecule has 6 rings (SSSR count). The zero-order chi connectivity index (χ0) is 20.7. The van der Waals surface area contributed by atoms with E-state index in [1.165, 1.54) is 0 Å². The molecule has 0 N–H and O–H groups in total. The SMILES string of the molecule is O=C1[C@@H]2[C@@H](C(=O)N1/N=C\c1cccc(OCc3ccccc3Cl)c1)[C@H]1C=C[C@@H]2CC1. The minimum absolute atomic E-state index is 0.165.